The Labute approximate surface area is 153 Å². The first kappa shape index (κ1) is 18.7. The summed E-state index contributed by atoms with van der Waals surface area (Å²) < 4.78 is 46.3. The minimum Gasteiger partial charge on any atom is -0.459 e. The predicted molar refractivity (Wildman–Crippen MR) is 95.2 cm³/mol. The maximum atomic E-state index is 13.2. The van der Waals surface area contributed by atoms with Crippen LogP contribution in [0.2, 0.25) is 0 Å². The summed E-state index contributed by atoms with van der Waals surface area (Å²) in [5.41, 5.74) is 3.47. The van der Waals surface area contributed by atoms with E-state index in [0.29, 0.717) is 17.9 Å². The fourth-order valence-corrected chi connectivity index (χ4v) is 5.28. The highest BCUT2D eigenvalue weighted by atomic mass is 32.2. The topological polar surface area (TPSA) is 72.4 Å². The average Bonchev–Trinajstić information content (AvgIpc) is 3.05. The highest BCUT2D eigenvalue weighted by molar-refractivity contribution is 7.89. The summed E-state index contributed by atoms with van der Waals surface area (Å²) in [7, 11) is -3.62. The molecule has 1 aromatic carbocycles. The summed E-state index contributed by atoms with van der Waals surface area (Å²) in [4.78, 5) is 7.91. The van der Waals surface area contributed by atoms with Crippen molar-refractivity contribution in [1.82, 2.24) is 14.3 Å². The average molecular weight is 379 g/mol. The van der Waals surface area contributed by atoms with E-state index in [2.05, 4.69) is 9.97 Å². The molecule has 1 saturated heterocycles. The molecule has 2 aromatic rings. The number of nitrogens with zero attached hydrogens (tertiary/aromatic N) is 3. The first-order chi connectivity index (χ1) is 12.2. The van der Waals surface area contributed by atoms with E-state index in [9.17, 15) is 12.8 Å². The molecule has 140 valence electrons. The van der Waals surface area contributed by atoms with E-state index in [-0.39, 0.29) is 18.7 Å². The minimum atomic E-state index is -3.62. The molecule has 1 aromatic heterocycles. The molecule has 1 unspecified atom stereocenters. The number of benzene rings is 1. The summed E-state index contributed by atoms with van der Waals surface area (Å²) in [6.45, 7) is 8.09. The summed E-state index contributed by atoms with van der Waals surface area (Å²) in [5, 5.41) is 0. The van der Waals surface area contributed by atoms with Crippen molar-refractivity contribution in [2.45, 2.75) is 45.1 Å². The van der Waals surface area contributed by atoms with Crippen LogP contribution >= 0.6 is 0 Å². The fourth-order valence-electron chi connectivity index (χ4n) is 3.22. The van der Waals surface area contributed by atoms with Gasteiger partial charge in [0.1, 0.15) is 6.10 Å². The summed E-state index contributed by atoms with van der Waals surface area (Å²) >= 11 is 0. The van der Waals surface area contributed by atoms with Crippen molar-refractivity contribution < 1.29 is 17.5 Å². The number of aromatic nitrogens is 2. The number of hydrogen-bond acceptors (Lipinski definition) is 5. The van der Waals surface area contributed by atoms with Crippen LogP contribution in [-0.4, -0.2) is 41.9 Å². The van der Waals surface area contributed by atoms with Gasteiger partial charge in [0.2, 0.25) is 10.0 Å². The molecule has 8 heteroatoms. The number of rotatable bonds is 4. The van der Waals surface area contributed by atoms with Gasteiger partial charge in [0.25, 0.3) is 0 Å². The predicted octanol–water partition coefficient (Wildman–Crippen LogP) is 2.69. The van der Waals surface area contributed by atoms with E-state index in [1.165, 1.54) is 4.31 Å². The zero-order chi connectivity index (χ0) is 19.1. The van der Waals surface area contributed by atoms with E-state index in [4.69, 9.17) is 4.74 Å². The van der Waals surface area contributed by atoms with Crippen molar-refractivity contribution in [2.75, 3.05) is 13.1 Å². The molecule has 1 atom stereocenters. The van der Waals surface area contributed by atoms with Crippen LogP contribution in [0.3, 0.4) is 0 Å². The van der Waals surface area contributed by atoms with Crippen LogP contribution < -0.4 is 4.74 Å². The van der Waals surface area contributed by atoms with Crippen LogP contribution in [0.1, 0.15) is 28.7 Å². The van der Waals surface area contributed by atoms with Crippen molar-refractivity contribution >= 4 is 10.0 Å². The highest BCUT2D eigenvalue weighted by Gasteiger charge is 2.36. The molecule has 6 nitrogen and oxygen atoms in total. The molecule has 1 aliphatic rings. The quantitative estimate of drug-likeness (QED) is 0.817. The van der Waals surface area contributed by atoms with Crippen LogP contribution in [0.25, 0.3) is 0 Å². The van der Waals surface area contributed by atoms with Gasteiger partial charge >= 0.3 is 6.01 Å². The van der Waals surface area contributed by atoms with Crippen molar-refractivity contribution in [3.05, 3.63) is 46.5 Å². The second kappa shape index (κ2) is 6.92. The van der Waals surface area contributed by atoms with E-state index < -0.39 is 15.8 Å². The number of sulfonamides is 1. The van der Waals surface area contributed by atoms with E-state index in [0.717, 1.165) is 34.6 Å². The van der Waals surface area contributed by atoms with Gasteiger partial charge in [0.05, 0.1) is 23.8 Å². The second-order valence-electron chi connectivity index (χ2n) is 6.66. The summed E-state index contributed by atoms with van der Waals surface area (Å²) in [6, 6.07) is 2.06. The molecule has 0 aliphatic carbocycles. The molecular formula is C18H22FN3O3S. The van der Waals surface area contributed by atoms with E-state index in [1.54, 1.807) is 0 Å². The van der Waals surface area contributed by atoms with Gasteiger partial charge in [-0.1, -0.05) is 6.07 Å². The molecule has 3 rings (SSSR count). The largest absolute Gasteiger partial charge is 0.459 e. The number of ether oxygens (including phenoxy) is 1. The summed E-state index contributed by atoms with van der Waals surface area (Å²) in [6.07, 6.45) is 2.21. The Morgan fingerprint density at radius 1 is 1.12 bits per heavy atom. The van der Waals surface area contributed by atoms with Gasteiger partial charge in [-0.05, 0) is 56.4 Å². The zero-order valence-electron chi connectivity index (χ0n) is 15.3. The Bertz CT molecular complexity index is 903. The van der Waals surface area contributed by atoms with Crippen LogP contribution in [0, 0.1) is 33.5 Å². The smallest absolute Gasteiger partial charge is 0.316 e. The molecule has 0 amide bonds. The van der Waals surface area contributed by atoms with Crippen LogP contribution in [-0.2, 0) is 10.0 Å². The minimum absolute atomic E-state index is 0.0504. The monoisotopic (exact) mass is 379 g/mol. The molecule has 2 heterocycles. The first-order valence-electron chi connectivity index (χ1n) is 8.42. The second-order valence-corrected chi connectivity index (χ2v) is 8.54. The van der Waals surface area contributed by atoms with Gasteiger partial charge in [-0.25, -0.2) is 22.8 Å². The normalized spacial score (nSPS) is 18.3. The molecule has 26 heavy (non-hydrogen) atoms. The van der Waals surface area contributed by atoms with Crippen molar-refractivity contribution in [1.29, 1.82) is 0 Å². The standard InChI is InChI=1S/C18H22FN3O3S/c1-11-7-12(2)14(4)17(13(11)3)26(23,24)22-6-5-16(10-22)25-18-20-8-15(19)9-21-18/h7-9,16H,5-6,10H2,1-4H3. The Hall–Kier alpha value is -2.06. The van der Waals surface area contributed by atoms with Gasteiger partial charge in [-0.15, -0.1) is 0 Å². The van der Waals surface area contributed by atoms with Crippen molar-refractivity contribution in [3.63, 3.8) is 0 Å². The lowest BCUT2D eigenvalue weighted by atomic mass is 10.0. The lowest BCUT2D eigenvalue weighted by Crippen LogP contribution is -2.32. The highest BCUT2D eigenvalue weighted by Crippen LogP contribution is 2.31. The SMILES string of the molecule is Cc1cc(C)c(C)c(S(=O)(=O)N2CCC(Oc3ncc(F)cn3)C2)c1C. The molecule has 0 bridgehead atoms. The third kappa shape index (κ3) is 3.43. The van der Waals surface area contributed by atoms with Crippen molar-refractivity contribution in [2.24, 2.45) is 0 Å². The molecule has 0 N–H and O–H groups in total. The van der Waals surface area contributed by atoms with Gasteiger partial charge in [-0.3, -0.25) is 0 Å². The third-order valence-corrected chi connectivity index (χ3v) is 7.01. The number of hydrogen-bond donors (Lipinski definition) is 0. The lowest BCUT2D eigenvalue weighted by Gasteiger charge is -2.21. The fraction of sp³-hybridized carbons (Fsp3) is 0.444. The Balaban J connectivity index is 1.83. The molecule has 0 saturated carbocycles. The lowest BCUT2D eigenvalue weighted by molar-refractivity contribution is 0.197. The van der Waals surface area contributed by atoms with Gasteiger partial charge in [0.15, 0.2) is 5.82 Å². The third-order valence-electron chi connectivity index (χ3n) is 4.87. The zero-order valence-corrected chi connectivity index (χ0v) is 16.1. The Kier molecular flexibility index (Phi) is 4.98. The molecular weight excluding hydrogens is 357 g/mol. The van der Waals surface area contributed by atoms with Gasteiger partial charge in [-0.2, -0.15) is 4.31 Å². The molecule has 0 spiro atoms. The number of halogens is 1. The Morgan fingerprint density at radius 3 is 2.27 bits per heavy atom. The van der Waals surface area contributed by atoms with Crippen molar-refractivity contribution in [3.8, 4) is 6.01 Å². The molecule has 0 radical (unpaired) electrons. The maximum absolute atomic E-state index is 13.2. The van der Waals surface area contributed by atoms with Crippen LogP contribution in [0.5, 0.6) is 6.01 Å². The van der Waals surface area contributed by atoms with Gasteiger partial charge in [0, 0.05) is 6.54 Å². The Morgan fingerprint density at radius 2 is 1.69 bits per heavy atom. The van der Waals surface area contributed by atoms with Crippen LogP contribution in [0.15, 0.2) is 23.4 Å². The molecule has 1 aliphatic heterocycles. The van der Waals surface area contributed by atoms with E-state index >= 15 is 0 Å². The first-order valence-corrected chi connectivity index (χ1v) is 9.86. The van der Waals surface area contributed by atoms with Gasteiger partial charge < -0.3 is 4.74 Å². The van der Waals surface area contributed by atoms with E-state index in [1.807, 2.05) is 33.8 Å². The molecule has 1 fully saturated rings. The maximum Gasteiger partial charge on any atom is 0.316 e. The summed E-state index contributed by atoms with van der Waals surface area (Å²) in [5.74, 6) is -0.547. The van der Waals surface area contributed by atoms with Crippen LogP contribution in [0.4, 0.5) is 4.39 Å². The number of aryl methyl sites for hydroxylation is 2.